The average molecular weight is 613 g/mol. The van der Waals surface area contributed by atoms with Crippen LogP contribution < -0.4 is 0 Å². The molecule has 4 saturated heterocycles. The summed E-state index contributed by atoms with van der Waals surface area (Å²) in [6.45, 7) is 4.77. The van der Waals surface area contributed by atoms with Crippen LogP contribution >= 0.6 is 0 Å². The second-order valence-electron chi connectivity index (χ2n) is 10.6. The van der Waals surface area contributed by atoms with Gasteiger partial charge in [0.15, 0.2) is 37.2 Å². The van der Waals surface area contributed by atoms with Crippen molar-refractivity contribution in [2.45, 2.75) is 101 Å². The van der Waals surface area contributed by atoms with Crippen molar-refractivity contribution in [1.82, 2.24) is 0 Å². The maximum absolute atomic E-state index is 12.1. The number of esters is 3. The molecule has 0 saturated carbocycles. The number of ether oxygens (including phenoxy) is 11. The summed E-state index contributed by atoms with van der Waals surface area (Å²) in [5, 5.41) is 11.2. The molecule has 1 aromatic rings. The number of hydrogen-bond donors (Lipinski definition) is 1. The molecule has 0 amide bonds. The molecule has 0 bridgehead atoms. The molecule has 238 valence electrons. The molecule has 0 radical (unpaired) electrons. The maximum Gasteiger partial charge on any atom is 0.303 e. The molecule has 5 rings (SSSR count). The van der Waals surface area contributed by atoms with Gasteiger partial charge in [0.2, 0.25) is 0 Å². The standard InChI is InChI=1S/C28H36O15/c1-13(29)34-11-17-21(36-14(2)30)23(37-15(3)31)24-27(39-17)43-28(4,42-24)41-22-19(32)26(33-5)38-18-12-35-25(40-20(18)22)16-9-7-6-8-10-16/h6-10,17-27,32H,11-12H2,1-5H3/t17-,18-,19-,20-,21-,22-,23+,24-,25?,26+,27-,28+/m1/s1. The van der Waals surface area contributed by atoms with E-state index in [0.717, 1.165) is 5.56 Å². The van der Waals surface area contributed by atoms with Crippen LogP contribution in [0.1, 0.15) is 39.5 Å². The minimum absolute atomic E-state index is 0.111. The number of fused-ring (bicyclic) bond motifs is 2. The molecule has 0 aliphatic carbocycles. The number of carbonyl (C=O) groups is 3. The first-order valence-electron chi connectivity index (χ1n) is 13.8. The van der Waals surface area contributed by atoms with Crippen LogP contribution in [-0.4, -0.2) is 111 Å². The lowest BCUT2D eigenvalue weighted by Crippen LogP contribution is -2.64. The smallest absolute Gasteiger partial charge is 0.303 e. The summed E-state index contributed by atoms with van der Waals surface area (Å²) in [5.74, 6) is -3.89. The van der Waals surface area contributed by atoms with Crippen molar-refractivity contribution in [1.29, 1.82) is 0 Å². The van der Waals surface area contributed by atoms with Gasteiger partial charge in [0.25, 0.3) is 5.97 Å². The number of carbonyl (C=O) groups excluding carboxylic acids is 3. The van der Waals surface area contributed by atoms with Gasteiger partial charge >= 0.3 is 17.9 Å². The van der Waals surface area contributed by atoms with Gasteiger partial charge < -0.3 is 52.5 Å². The molecular weight excluding hydrogens is 576 g/mol. The zero-order valence-electron chi connectivity index (χ0n) is 24.3. The SMILES string of the molecule is CO[C@H]1O[C@@H]2COC(c3ccccc3)O[C@H]2[C@H](O[C@]2(C)O[C@H]3O[C@H](COC(C)=O)[C@@H](OC(C)=O)[C@H](OC(C)=O)[C@H]3O2)[C@H]1O. The molecule has 43 heavy (non-hydrogen) atoms. The number of benzene rings is 1. The van der Waals surface area contributed by atoms with Crippen molar-refractivity contribution in [2.24, 2.45) is 0 Å². The summed E-state index contributed by atoms with van der Waals surface area (Å²) >= 11 is 0. The third kappa shape index (κ3) is 7.00. The number of aliphatic hydroxyl groups is 1. The van der Waals surface area contributed by atoms with E-state index < -0.39 is 91.6 Å². The Labute approximate surface area is 247 Å². The number of rotatable bonds is 8. The summed E-state index contributed by atoms with van der Waals surface area (Å²) in [4.78, 5) is 35.6. The van der Waals surface area contributed by atoms with Crippen LogP contribution in [0.25, 0.3) is 0 Å². The Morgan fingerprint density at radius 2 is 1.60 bits per heavy atom. The van der Waals surface area contributed by atoms with E-state index >= 15 is 0 Å². The van der Waals surface area contributed by atoms with Crippen LogP contribution in [0.15, 0.2) is 30.3 Å². The molecule has 12 atom stereocenters. The normalized spacial score (nSPS) is 40.6. The summed E-state index contributed by atoms with van der Waals surface area (Å²) < 4.78 is 63.8. The van der Waals surface area contributed by atoms with E-state index in [1.807, 2.05) is 30.3 Å². The van der Waals surface area contributed by atoms with Crippen LogP contribution in [-0.2, 0) is 66.5 Å². The fraction of sp³-hybridized carbons (Fsp3) is 0.679. The number of hydrogen-bond acceptors (Lipinski definition) is 15. The van der Waals surface area contributed by atoms with E-state index in [4.69, 9.17) is 52.1 Å². The largest absolute Gasteiger partial charge is 0.463 e. The molecular formula is C28H36O15. The van der Waals surface area contributed by atoms with E-state index in [1.54, 1.807) is 0 Å². The minimum atomic E-state index is -1.90. The summed E-state index contributed by atoms with van der Waals surface area (Å²) in [7, 11) is 1.37. The van der Waals surface area contributed by atoms with Crippen molar-refractivity contribution in [3.8, 4) is 0 Å². The first-order chi connectivity index (χ1) is 20.5. The highest BCUT2D eigenvalue weighted by Crippen LogP contribution is 2.43. The van der Waals surface area contributed by atoms with Gasteiger partial charge in [-0.25, -0.2) is 0 Å². The predicted octanol–water partition coefficient (Wildman–Crippen LogP) is 0.459. The van der Waals surface area contributed by atoms with Crippen molar-refractivity contribution < 1.29 is 71.6 Å². The third-order valence-electron chi connectivity index (χ3n) is 7.29. The molecule has 15 heteroatoms. The van der Waals surface area contributed by atoms with Crippen molar-refractivity contribution in [2.75, 3.05) is 20.3 Å². The minimum Gasteiger partial charge on any atom is -0.463 e. The average Bonchev–Trinajstić information content (AvgIpc) is 3.30. The third-order valence-corrected chi connectivity index (χ3v) is 7.29. The molecule has 1 aromatic carbocycles. The van der Waals surface area contributed by atoms with Crippen molar-refractivity contribution in [3.63, 3.8) is 0 Å². The molecule has 4 fully saturated rings. The monoisotopic (exact) mass is 612 g/mol. The van der Waals surface area contributed by atoms with Gasteiger partial charge in [-0.15, -0.1) is 0 Å². The van der Waals surface area contributed by atoms with E-state index in [2.05, 4.69) is 0 Å². The molecule has 4 aliphatic heterocycles. The Kier molecular flexibility index (Phi) is 9.65. The van der Waals surface area contributed by atoms with Gasteiger partial charge in [-0.3, -0.25) is 19.1 Å². The highest BCUT2D eigenvalue weighted by molar-refractivity contribution is 5.68. The first-order valence-corrected chi connectivity index (χ1v) is 13.8. The van der Waals surface area contributed by atoms with E-state index in [1.165, 1.54) is 34.8 Å². The molecule has 1 N–H and O–H groups in total. The molecule has 15 nitrogen and oxygen atoms in total. The molecule has 0 aromatic heterocycles. The lowest BCUT2D eigenvalue weighted by atomic mass is 9.97. The lowest BCUT2D eigenvalue weighted by molar-refractivity contribution is -0.420. The second-order valence-corrected chi connectivity index (χ2v) is 10.6. The van der Waals surface area contributed by atoms with Crippen LogP contribution in [0.2, 0.25) is 0 Å². The molecule has 0 spiro atoms. The van der Waals surface area contributed by atoms with E-state index in [-0.39, 0.29) is 13.2 Å². The van der Waals surface area contributed by atoms with E-state index in [9.17, 15) is 19.5 Å². The molecule has 4 heterocycles. The lowest BCUT2D eigenvalue weighted by Gasteiger charge is -2.48. The van der Waals surface area contributed by atoms with Gasteiger partial charge in [-0.1, -0.05) is 30.3 Å². The number of aliphatic hydroxyl groups excluding tert-OH is 1. The molecule has 1 unspecified atom stereocenters. The highest BCUT2D eigenvalue weighted by Gasteiger charge is 2.62. The summed E-state index contributed by atoms with van der Waals surface area (Å²) in [6.07, 6.45) is -11.8. The Morgan fingerprint density at radius 1 is 0.907 bits per heavy atom. The van der Waals surface area contributed by atoms with E-state index in [0.29, 0.717) is 0 Å². The summed E-state index contributed by atoms with van der Waals surface area (Å²) in [5.41, 5.74) is 0.751. The Bertz CT molecular complexity index is 1150. The summed E-state index contributed by atoms with van der Waals surface area (Å²) in [6, 6.07) is 9.23. The zero-order chi connectivity index (χ0) is 30.9. The number of methoxy groups -OCH3 is 1. The van der Waals surface area contributed by atoms with Crippen LogP contribution in [0.3, 0.4) is 0 Å². The fourth-order valence-corrected chi connectivity index (χ4v) is 5.55. The van der Waals surface area contributed by atoms with Gasteiger partial charge in [-0.2, -0.15) is 0 Å². The predicted molar refractivity (Wildman–Crippen MR) is 137 cm³/mol. The quantitative estimate of drug-likeness (QED) is 0.317. The second kappa shape index (κ2) is 13.1. The Morgan fingerprint density at radius 3 is 2.26 bits per heavy atom. The van der Waals surface area contributed by atoms with Crippen LogP contribution in [0.4, 0.5) is 0 Å². The van der Waals surface area contributed by atoms with Crippen molar-refractivity contribution >= 4 is 17.9 Å². The van der Waals surface area contributed by atoms with Crippen LogP contribution in [0, 0.1) is 0 Å². The Hall–Kier alpha value is -2.73. The van der Waals surface area contributed by atoms with Gasteiger partial charge in [0.1, 0.15) is 37.1 Å². The highest BCUT2D eigenvalue weighted by atomic mass is 16.9. The zero-order valence-corrected chi connectivity index (χ0v) is 24.3. The van der Waals surface area contributed by atoms with Gasteiger partial charge in [0.05, 0.1) is 6.61 Å². The topological polar surface area (TPSA) is 173 Å². The van der Waals surface area contributed by atoms with Crippen molar-refractivity contribution in [3.05, 3.63) is 35.9 Å². The Balaban J connectivity index is 1.39. The van der Waals surface area contributed by atoms with Crippen LogP contribution in [0.5, 0.6) is 0 Å². The maximum atomic E-state index is 12.1. The fourth-order valence-electron chi connectivity index (χ4n) is 5.55. The molecule has 4 aliphatic rings. The van der Waals surface area contributed by atoms with Gasteiger partial charge in [-0.05, 0) is 0 Å². The van der Waals surface area contributed by atoms with Gasteiger partial charge in [0, 0.05) is 40.4 Å². The first kappa shape index (κ1) is 31.7.